The molecular weight excluding hydrogens is 383 g/mol. The monoisotopic (exact) mass is 410 g/mol. The van der Waals surface area contributed by atoms with Gasteiger partial charge in [0, 0.05) is 29.8 Å². The lowest BCUT2D eigenvalue weighted by atomic mass is 9.81. The number of fused-ring (bicyclic) bond motifs is 1. The molecule has 0 saturated heterocycles. The number of halogens is 1. The number of aliphatic hydroxyl groups is 1. The lowest BCUT2D eigenvalue weighted by molar-refractivity contribution is 0.0696. The smallest absolute Gasteiger partial charge is 0.337 e. The number of H-pyrrole nitrogens is 1. The third kappa shape index (κ3) is 4.10. The molecule has 1 saturated carbocycles. The number of nitrogens with zero attached hydrogens (tertiary/aromatic N) is 1. The Balaban J connectivity index is 1.66. The van der Waals surface area contributed by atoms with E-state index >= 15 is 0 Å². The quantitative estimate of drug-likeness (QED) is 0.511. The van der Waals surface area contributed by atoms with E-state index in [9.17, 15) is 19.4 Å². The third-order valence-corrected chi connectivity index (χ3v) is 6.44. The van der Waals surface area contributed by atoms with E-state index < -0.39 is 5.97 Å². The zero-order valence-electron chi connectivity index (χ0n) is 17.1. The molecule has 5 nitrogen and oxygen atoms in total. The number of carboxylic acids is 1. The molecule has 1 aliphatic rings. The molecule has 0 aliphatic heterocycles. The van der Waals surface area contributed by atoms with Crippen LogP contribution in [-0.4, -0.2) is 32.8 Å². The molecule has 1 aromatic carbocycles. The molecule has 158 valence electrons. The predicted molar refractivity (Wildman–Crippen MR) is 113 cm³/mol. The SMILES string of the molecule is CC(CO)c1ccc(C(Cc2cc3cc(C(=O)O)cnc3[nH]2)C2CCCC2)cc1F. The second kappa shape index (κ2) is 8.56. The van der Waals surface area contributed by atoms with Gasteiger partial charge in [-0.2, -0.15) is 0 Å². The third-order valence-electron chi connectivity index (χ3n) is 6.44. The number of aliphatic hydroxyl groups excluding tert-OH is 1. The molecule has 6 heteroatoms. The number of hydrogen-bond donors (Lipinski definition) is 3. The Morgan fingerprint density at radius 1 is 1.27 bits per heavy atom. The van der Waals surface area contributed by atoms with Gasteiger partial charge in [0.2, 0.25) is 0 Å². The molecule has 0 amide bonds. The van der Waals surface area contributed by atoms with Gasteiger partial charge in [-0.3, -0.25) is 0 Å². The van der Waals surface area contributed by atoms with E-state index in [2.05, 4.69) is 9.97 Å². The molecule has 2 heterocycles. The Morgan fingerprint density at radius 2 is 2.03 bits per heavy atom. The minimum Gasteiger partial charge on any atom is -0.478 e. The predicted octanol–water partition coefficient (Wildman–Crippen LogP) is 5.01. The average molecular weight is 410 g/mol. The van der Waals surface area contributed by atoms with Crippen LogP contribution in [0.2, 0.25) is 0 Å². The molecule has 4 rings (SSSR count). The molecule has 1 fully saturated rings. The maximum Gasteiger partial charge on any atom is 0.337 e. The molecule has 2 aromatic heterocycles. The summed E-state index contributed by atoms with van der Waals surface area (Å²) in [6.07, 6.45) is 6.72. The number of nitrogens with one attached hydrogen (secondary N) is 1. The minimum absolute atomic E-state index is 0.0806. The summed E-state index contributed by atoms with van der Waals surface area (Å²) in [5.41, 5.74) is 3.33. The highest BCUT2D eigenvalue weighted by Crippen LogP contribution is 2.40. The van der Waals surface area contributed by atoms with Crippen LogP contribution in [0.4, 0.5) is 4.39 Å². The van der Waals surface area contributed by atoms with E-state index in [4.69, 9.17) is 0 Å². The van der Waals surface area contributed by atoms with Crippen molar-refractivity contribution in [2.24, 2.45) is 5.92 Å². The Labute approximate surface area is 175 Å². The summed E-state index contributed by atoms with van der Waals surface area (Å²) in [6, 6.07) is 9.01. The lowest BCUT2D eigenvalue weighted by Gasteiger charge is -2.24. The highest BCUT2D eigenvalue weighted by atomic mass is 19.1. The number of aromatic nitrogens is 2. The molecular formula is C24H27FN2O3. The fourth-order valence-corrected chi connectivity index (χ4v) is 4.72. The van der Waals surface area contributed by atoms with Gasteiger partial charge in [-0.1, -0.05) is 31.9 Å². The van der Waals surface area contributed by atoms with Crippen molar-refractivity contribution in [1.29, 1.82) is 0 Å². The Hall–Kier alpha value is -2.73. The van der Waals surface area contributed by atoms with Gasteiger partial charge in [0.25, 0.3) is 0 Å². The van der Waals surface area contributed by atoms with E-state index in [1.54, 1.807) is 18.2 Å². The van der Waals surface area contributed by atoms with Crippen LogP contribution in [0.3, 0.4) is 0 Å². The fourth-order valence-electron chi connectivity index (χ4n) is 4.72. The summed E-state index contributed by atoms with van der Waals surface area (Å²) >= 11 is 0. The van der Waals surface area contributed by atoms with Crippen molar-refractivity contribution in [3.8, 4) is 0 Å². The standard InChI is InChI=1S/C24H27FN2O3/c1-14(13-28)20-7-6-16(10-22(20)25)21(15-4-2-3-5-15)11-19-9-17-8-18(24(29)30)12-26-23(17)27-19/h6-10,12,14-15,21,28H,2-5,11,13H2,1H3,(H,26,27)(H,29,30). The molecule has 3 aromatic rings. The normalized spacial score (nSPS) is 16.8. The first-order chi connectivity index (χ1) is 14.5. The van der Waals surface area contributed by atoms with Crippen LogP contribution in [0.5, 0.6) is 0 Å². The molecule has 0 spiro atoms. The summed E-state index contributed by atoms with van der Waals surface area (Å²) in [6.45, 7) is 1.73. The van der Waals surface area contributed by atoms with Crippen LogP contribution in [-0.2, 0) is 6.42 Å². The number of pyridine rings is 1. The first-order valence-corrected chi connectivity index (χ1v) is 10.6. The van der Waals surface area contributed by atoms with E-state index in [0.717, 1.165) is 35.9 Å². The number of carboxylic acid groups (broad SMARTS) is 1. The molecule has 2 atom stereocenters. The van der Waals surface area contributed by atoms with Gasteiger partial charge < -0.3 is 15.2 Å². The average Bonchev–Trinajstić information content (AvgIpc) is 3.40. The van der Waals surface area contributed by atoms with E-state index in [-0.39, 0.29) is 29.8 Å². The molecule has 1 aliphatic carbocycles. The van der Waals surface area contributed by atoms with Crippen molar-refractivity contribution in [2.75, 3.05) is 6.61 Å². The number of aromatic carboxylic acids is 1. The van der Waals surface area contributed by atoms with Crippen molar-refractivity contribution in [1.82, 2.24) is 9.97 Å². The van der Waals surface area contributed by atoms with Gasteiger partial charge in [0.15, 0.2) is 0 Å². The van der Waals surface area contributed by atoms with E-state index in [1.807, 2.05) is 19.1 Å². The van der Waals surface area contributed by atoms with Gasteiger partial charge >= 0.3 is 5.97 Å². The van der Waals surface area contributed by atoms with Crippen LogP contribution in [0.25, 0.3) is 11.0 Å². The van der Waals surface area contributed by atoms with Crippen LogP contribution in [0, 0.1) is 11.7 Å². The highest BCUT2D eigenvalue weighted by molar-refractivity contribution is 5.91. The van der Waals surface area contributed by atoms with Crippen LogP contribution < -0.4 is 0 Å². The summed E-state index contributed by atoms with van der Waals surface area (Å²) in [4.78, 5) is 18.8. The van der Waals surface area contributed by atoms with Crippen LogP contribution >= 0.6 is 0 Å². The molecule has 0 bridgehead atoms. The Morgan fingerprint density at radius 3 is 2.70 bits per heavy atom. The van der Waals surface area contributed by atoms with Gasteiger partial charge in [0.05, 0.1) is 5.56 Å². The molecule has 3 N–H and O–H groups in total. The summed E-state index contributed by atoms with van der Waals surface area (Å²) in [5.74, 6) is -0.829. The number of benzene rings is 1. The first kappa shape index (κ1) is 20.5. The van der Waals surface area contributed by atoms with Gasteiger partial charge in [-0.15, -0.1) is 0 Å². The van der Waals surface area contributed by atoms with Gasteiger partial charge in [-0.05, 0) is 60.4 Å². The van der Waals surface area contributed by atoms with Crippen molar-refractivity contribution >= 4 is 17.0 Å². The Kier molecular flexibility index (Phi) is 5.86. The maximum atomic E-state index is 14.8. The minimum atomic E-state index is -0.997. The lowest BCUT2D eigenvalue weighted by Crippen LogP contribution is -2.14. The van der Waals surface area contributed by atoms with Crippen molar-refractivity contribution in [3.05, 3.63) is 64.7 Å². The maximum absolute atomic E-state index is 14.8. The van der Waals surface area contributed by atoms with Crippen molar-refractivity contribution in [2.45, 2.75) is 50.9 Å². The largest absolute Gasteiger partial charge is 0.478 e. The van der Waals surface area contributed by atoms with E-state index in [1.165, 1.54) is 19.0 Å². The van der Waals surface area contributed by atoms with Gasteiger partial charge in [0.1, 0.15) is 11.5 Å². The fraction of sp³-hybridized carbons (Fsp3) is 0.417. The van der Waals surface area contributed by atoms with Crippen molar-refractivity contribution < 1.29 is 19.4 Å². The first-order valence-electron chi connectivity index (χ1n) is 10.6. The second-order valence-electron chi connectivity index (χ2n) is 8.48. The molecule has 2 unspecified atom stereocenters. The summed E-state index contributed by atoms with van der Waals surface area (Å²) < 4.78 is 14.8. The highest BCUT2D eigenvalue weighted by Gasteiger charge is 2.28. The Bertz CT molecular complexity index is 1060. The topological polar surface area (TPSA) is 86.2 Å². The number of aromatic amines is 1. The van der Waals surface area contributed by atoms with Crippen LogP contribution in [0.1, 0.15) is 71.6 Å². The second-order valence-corrected chi connectivity index (χ2v) is 8.48. The molecule has 0 radical (unpaired) electrons. The number of rotatable bonds is 7. The summed E-state index contributed by atoms with van der Waals surface area (Å²) in [5, 5.41) is 19.3. The van der Waals surface area contributed by atoms with Crippen LogP contribution in [0.15, 0.2) is 36.5 Å². The molecule has 30 heavy (non-hydrogen) atoms. The number of carbonyl (C=O) groups is 1. The summed E-state index contributed by atoms with van der Waals surface area (Å²) in [7, 11) is 0. The van der Waals surface area contributed by atoms with Gasteiger partial charge in [-0.25, -0.2) is 14.2 Å². The zero-order valence-corrected chi connectivity index (χ0v) is 17.1. The number of hydrogen-bond acceptors (Lipinski definition) is 3. The van der Waals surface area contributed by atoms with Crippen molar-refractivity contribution in [3.63, 3.8) is 0 Å². The van der Waals surface area contributed by atoms with E-state index in [0.29, 0.717) is 17.1 Å². The zero-order chi connectivity index (χ0) is 21.3.